The van der Waals surface area contributed by atoms with Crippen molar-refractivity contribution in [2.24, 2.45) is 0 Å². The third-order valence-electron chi connectivity index (χ3n) is 2.83. The Morgan fingerprint density at radius 3 is 2.62 bits per heavy atom. The highest BCUT2D eigenvalue weighted by atomic mass is 14.9. The van der Waals surface area contributed by atoms with Crippen molar-refractivity contribution in [3.8, 4) is 0 Å². The zero-order chi connectivity index (χ0) is 11.7. The van der Waals surface area contributed by atoms with Crippen LogP contribution in [0.3, 0.4) is 0 Å². The van der Waals surface area contributed by atoms with Crippen molar-refractivity contribution in [1.29, 1.82) is 0 Å². The van der Waals surface area contributed by atoms with Crippen LogP contribution in [0, 0.1) is 13.8 Å². The molecule has 0 aliphatic carbocycles. The van der Waals surface area contributed by atoms with Gasteiger partial charge in [-0.1, -0.05) is 25.5 Å². The molecule has 0 atom stereocenters. The molecule has 86 valence electrons. The van der Waals surface area contributed by atoms with Gasteiger partial charge in [-0.05, 0) is 31.5 Å². The van der Waals surface area contributed by atoms with Crippen LogP contribution in [0.2, 0.25) is 0 Å². The Bertz CT molecular complexity index is 495. The summed E-state index contributed by atoms with van der Waals surface area (Å²) in [5, 5.41) is 4.74. The minimum atomic E-state index is 0.522. The first kappa shape index (κ1) is 11.2. The monoisotopic (exact) mass is 216 g/mol. The van der Waals surface area contributed by atoms with E-state index in [-0.39, 0.29) is 0 Å². The number of aromatic amines is 1. The van der Waals surface area contributed by atoms with Crippen molar-refractivity contribution in [3.63, 3.8) is 0 Å². The van der Waals surface area contributed by atoms with Crippen LogP contribution in [0.5, 0.6) is 0 Å². The minimum absolute atomic E-state index is 0.522. The summed E-state index contributed by atoms with van der Waals surface area (Å²) in [7, 11) is 0. The molecule has 2 N–H and O–H groups in total. The average molecular weight is 216 g/mol. The van der Waals surface area contributed by atoms with Crippen molar-refractivity contribution in [3.05, 3.63) is 35.0 Å². The topological polar surface area (TPSA) is 27.8 Å². The lowest BCUT2D eigenvalue weighted by atomic mass is 10.1. The molecule has 0 unspecified atom stereocenters. The summed E-state index contributed by atoms with van der Waals surface area (Å²) in [6.07, 6.45) is 0. The predicted octanol–water partition coefficient (Wildman–Crippen LogP) is 3.28. The van der Waals surface area contributed by atoms with E-state index in [0.717, 1.165) is 6.54 Å². The van der Waals surface area contributed by atoms with E-state index >= 15 is 0 Å². The van der Waals surface area contributed by atoms with Crippen LogP contribution in [-0.2, 0) is 6.54 Å². The van der Waals surface area contributed by atoms with Crippen molar-refractivity contribution >= 4 is 10.9 Å². The molecule has 2 nitrogen and oxygen atoms in total. The standard InChI is InChI=1S/C14H20N2/c1-9(2)15-8-13-7-12-6-10(3)5-11(4)14(12)16-13/h5-7,9,15-16H,8H2,1-4H3. The number of nitrogens with one attached hydrogen (secondary N) is 2. The Hall–Kier alpha value is -1.28. The minimum Gasteiger partial charge on any atom is -0.357 e. The molecule has 1 heterocycles. The van der Waals surface area contributed by atoms with E-state index in [1.165, 1.54) is 27.7 Å². The van der Waals surface area contributed by atoms with Gasteiger partial charge in [0.15, 0.2) is 0 Å². The molecule has 0 saturated heterocycles. The zero-order valence-corrected chi connectivity index (χ0v) is 10.5. The molecule has 16 heavy (non-hydrogen) atoms. The quantitative estimate of drug-likeness (QED) is 0.809. The third kappa shape index (κ3) is 2.27. The first-order valence-corrected chi connectivity index (χ1v) is 5.88. The Balaban J connectivity index is 2.33. The van der Waals surface area contributed by atoms with Crippen LogP contribution in [0.4, 0.5) is 0 Å². The summed E-state index contributed by atoms with van der Waals surface area (Å²) in [5.74, 6) is 0. The lowest BCUT2D eigenvalue weighted by Gasteiger charge is -2.05. The number of aryl methyl sites for hydroxylation is 2. The van der Waals surface area contributed by atoms with Gasteiger partial charge in [0.25, 0.3) is 0 Å². The van der Waals surface area contributed by atoms with Gasteiger partial charge < -0.3 is 10.3 Å². The van der Waals surface area contributed by atoms with Gasteiger partial charge in [0.1, 0.15) is 0 Å². The molecular weight excluding hydrogens is 196 g/mol. The van der Waals surface area contributed by atoms with E-state index in [9.17, 15) is 0 Å². The molecule has 0 fully saturated rings. The summed E-state index contributed by atoms with van der Waals surface area (Å²) in [4.78, 5) is 3.48. The van der Waals surface area contributed by atoms with E-state index in [2.05, 4.69) is 56.2 Å². The van der Waals surface area contributed by atoms with Crippen LogP contribution in [0.15, 0.2) is 18.2 Å². The largest absolute Gasteiger partial charge is 0.357 e. The lowest BCUT2D eigenvalue weighted by Crippen LogP contribution is -2.21. The zero-order valence-electron chi connectivity index (χ0n) is 10.5. The Morgan fingerprint density at radius 2 is 1.94 bits per heavy atom. The van der Waals surface area contributed by atoms with Gasteiger partial charge in [0.05, 0.1) is 0 Å². The van der Waals surface area contributed by atoms with E-state index in [1.54, 1.807) is 0 Å². The summed E-state index contributed by atoms with van der Waals surface area (Å²) in [6.45, 7) is 9.54. The van der Waals surface area contributed by atoms with Crippen molar-refractivity contribution in [2.75, 3.05) is 0 Å². The molecule has 1 aromatic heterocycles. The van der Waals surface area contributed by atoms with Gasteiger partial charge in [-0.3, -0.25) is 0 Å². The molecule has 0 spiro atoms. The van der Waals surface area contributed by atoms with E-state index in [1.807, 2.05) is 0 Å². The summed E-state index contributed by atoms with van der Waals surface area (Å²) in [6, 6.07) is 7.22. The second kappa shape index (κ2) is 4.30. The van der Waals surface area contributed by atoms with Crippen molar-refractivity contribution in [2.45, 2.75) is 40.3 Å². The predicted molar refractivity (Wildman–Crippen MR) is 69.7 cm³/mol. The number of rotatable bonds is 3. The van der Waals surface area contributed by atoms with Gasteiger partial charge in [-0.15, -0.1) is 0 Å². The molecule has 2 heteroatoms. The van der Waals surface area contributed by atoms with Crippen LogP contribution in [0.1, 0.15) is 30.7 Å². The van der Waals surface area contributed by atoms with Gasteiger partial charge in [0, 0.05) is 29.2 Å². The second-order valence-corrected chi connectivity index (χ2v) is 4.88. The Morgan fingerprint density at radius 1 is 1.19 bits per heavy atom. The SMILES string of the molecule is Cc1cc(C)c2[nH]c(CNC(C)C)cc2c1. The highest BCUT2D eigenvalue weighted by Crippen LogP contribution is 2.21. The van der Waals surface area contributed by atoms with Crippen LogP contribution < -0.4 is 5.32 Å². The molecule has 2 aromatic rings. The maximum Gasteiger partial charge on any atom is 0.0486 e. The van der Waals surface area contributed by atoms with Gasteiger partial charge in [-0.25, -0.2) is 0 Å². The van der Waals surface area contributed by atoms with E-state index in [0.29, 0.717) is 6.04 Å². The number of aromatic nitrogens is 1. The Labute approximate surface area is 97.1 Å². The van der Waals surface area contributed by atoms with E-state index < -0.39 is 0 Å². The fraction of sp³-hybridized carbons (Fsp3) is 0.429. The maximum absolute atomic E-state index is 3.48. The molecule has 0 bridgehead atoms. The molecule has 0 aliphatic rings. The number of benzene rings is 1. The molecule has 0 aliphatic heterocycles. The third-order valence-corrected chi connectivity index (χ3v) is 2.83. The highest BCUT2D eigenvalue weighted by Gasteiger charge is 2.04. The van der Waals surface area contributed by atoms with Crippen LogP contribution >= 0.6 is 0 Å². The van der Waals surface area contributed by atoms with Crippen LogP contribution in [0.25, 0.3) is 10.9 Å². The molecule has 2 rings (SSSR count). The average Bonchev–Trinajstić information content (AvgIpc) is 2.57. The second-order valence-electron chi connectivity index (χ2n) is 4.88. The molecule has 1 aromatic carbocycles. The van der Waals surface area contributed by atoms with Gasteiger partial charge in [-0.2, -0.15) is 0 Å². The summed E-state index contributed by atoms with van der Waals surface area (Å²) in [5.41, 5.74) is 5.18. The lowest BCUT2D eigenvalue weighted by molar-refractivity contribution is 0.583. The maximum atomic E-state index is 3.48. The molecule has 0 radical (unpaired) electrons. The van der Waals surface area contributed by atoms with Crippen molar-refractivity contribution in [1.82, 2.24) is 10.3 Å². The fourth-order valence-electron chi connectivity index (χ4n) is 2.08. The number of H-pyrrole nitrogens is 1. The Kier molecular flexibility index (Phi) is 3.01. The van der Waals surface area contributed by atoms with E-state index in [4.69, 9.17) is 0 Å². The fourth-order valence-corrected chi connectivity index (χ4v) is 2.08. The number of hydrogen-bond acceptors (Lipinski definition) is 1. The summed E-state index contributed by atoms with van der Waals surface area (Å²) < 4.78 is 0. The first-order chi connectivity index (χ1) is 7.56. The highest BCUT2D eigenvalue weighted by molar-refractivity contribution is 5.84. The normalized spacial score (nSPS) is 11.6. The number of hydrogen-bond donors (Lipinski definition) is 2. The first-order valence-electron chi connectivity index (χ1n) is 5.88. The summed E-state index contributed by atoms with van der Waals surface area (Å²) >= 11 is 0. The van der Waals surface area contributed by atoms with Crippen molar-refractivity contribution < 1.29 is 0 Å². The molecular formula is C14H20N2. The van der Waals surface area contributed by atoms with Gasteiger partial charge in [0.2, 0.25) is 0 Å². The molecule has 0 amide bonds. The smallest absolute Gasteiger partial charge is 0.0486 e. The number of fused-ring (bicyclic) bond motifs is 1. The molecule has 0 saturated carbocycles. The van der Waals surface area contributed by atoms with Crippen LogP contribution in [-0.4, -0.2) is 11.0 Å². The van der Waals surface area contributed by atoms with Gasteiger partial charge >= 0.3 is 0 Å².